The largest absolute Gasteiger partial charge is 0.522 e. The highest BCUT2D eigenvalue weighted by Gasteiger charge is 2.28. The highest BCUT2D eigenvalue weighted by Crippen LogP contribution is 2.17. The molecule has 0 fully saturated rings. The molecule has 0 saturated carbocycles. The van der Waals surface area contributed by atoms with Crippen molar-refractivity contribution in [3.63, 3.8) is 0 Å². The van der Waals surface area contributed by atoms with Crippen molar-refractivity contribution < 1.29 is 23.0 Å². The fourth-order valence-electron chi connectivity index (χ4n) is 1.16. The van der Waals surface area contributed by atoms with Gasteiger partial charge in [0.2, 0.25) is 0 Å². The summed E-state index contributed by atoms with van der Waals surface area (Å²) in [5.41, 5.74) is 0.592. The molecule has 0 aromatic carbocycles. The van der Waals surface area contributed by atoms with Gasteiger partial charge in [0.1, 0.15) is 0 Å². The van der Waals surface area contributed by atoms with E-state index < -0.39 is 19.1 Å². The van der Waals surface area contributed by atoms with Crippen LogP contribution in [-0.4, -0.2) is 27.9 Å². The number of hydrogen-bond acceptors (Lipinski definition) is 3. The van der Waals surface area contributed by atoms with Crippen molar-refractivity contribution in [2.45, 2.75) is 32.4 Å². The van der Waals surface area contributed by atoms with Gasteiger partial charge in [0.25, 0.3) is 0 Å². The van der Waals surface area contributed by atoms with E-state index in [1.54, 1.807) is 6.92 Å². The maximum atomic E-state index is 11.7. The first-order valence-electron chi connectivity index (χ1n) is 4.83. The number of halogens is 3. The van der Waals surface area contributed by atoms with Crippen LogP contribution in [-0.2, 0) is 11.3 Å². The lowest BCUT2D eigenvalue weighted by Gasteiger charge is -2.07. The summed E-state index contributed by atoms with van der Waals surface area (Å²) in [5.74, 6) is 0. The van der Waals surface area contributed by atoms with Crippen LogP contribution >= 0.6 is 0 Å². The topological polar surface area (TPSA) is 47.3 Å². The molecular formula is C9H13F3N2O2. The molecule has 4 nitrogen and oxygen atoms in total. The predicted molar refractivity (Wildman–Crippen MR) is 49.5 cm³/mol. The SMILES string of the molecule is CCC(O)c1cnn(CCOC(F)(F)F)c1. The summed E-state index contributed by atoms with van der Waals surface area (Å²) in [4.78, 5) is 0. The van der Waals surface area contributed by atoms with Gasteiger partial charge in [-0.05, 0) is 6.42 Å². The Balaban J connectivity index is 2.41. The Labute approximate surface area is 90.6 Å². The zero-order valence-electron chi connectivity index (χ0n) is 8.74. The fourth-order valence-corrected chi connectivity index (χ4v) is 1.16. The van der Waals surface area contributed by atoms with E-state index in [0.717, 1.165) is 0 Å². The molecule has 1 rings (SSSR count). The van der Waals surface area contributed by atoms with Crippen LogP contribution in [0, 0.1) is 0 Å². The Morgan fingerprint density at radius 3 is 2.81 bits per heavy atom. The fraction of sp³-hybridized carbons (Fsp3) is 0.667. The summed E-state index contributed by atoms with van der Waals surface area (Å²) in [7, 11) is 0. The summed E-state index contributed by atoms with van der Waals surface area (Å²) in [5, 5.41) is 13.2. The van der Waals surface area contributed by atoms with Crippen molar-refractivity contribution in [1.29, 1.82) is 0 Å². The summed E-state index contributed by atoms with van der Waals surface area (Å²) in [6.07, 6.45) is -1.77. The van der Waals surface area contributed by atoms with E-state index in [0.29, 0.717) is 12.0 Å². The summed E-state index contributed by atoms with van der Waals surface area (Å²) >= 11 is 0. The summed E-state index contributed by atoms with van der Waals surface area (Å²) < 4.78 is 39.9. The van der Waals surface area contributed by atoms with Crippen LogP contribution in [0.3, 0.4) is 0 Å². The standard InChI is InChI=1S/C9H13F3N2O2/c1-2-8(15)7-5-13-14(6-7)3-4-16-9(10,11)12/h5-6,8,15H,2-4H2,1H3. The third-order valence-corrected chi connectivity index (χ3v) is 2.01. The molecule has 1 atom stereocenters. The number of aromatic nitrogens is 2. The highest BCUT2D eigenvalue weighted by atomic mass is 19.4. The van der Waals surface area contributed by atoms with E-state index in [-0.39, 0.29) is 6.54 Å². The average molecular weight is 238 g/mol. The van der Waals surface area contributed by atoms with Crippen LogP contribution in [0.15, 0.2) is 12.4 Å². The Morgan fingerprint density at radius 1 is 1.56 bits per heavy atom. The first kappa shape index (κ1) is 13.0. The van der Waals surface area contributed by atoms with Gasteiger partial charge in [-0.15, -0.1) is 13.2 Å². The van der Waals surface area contributed by atoms with Crippen molar-refractivity contribution in [1.82, 2.24) is 9.78 Å². The summed E-state index contributed by atoms with van der Waals surface area (Å²) in [6.45, 7) is 1.30. The number of aliphatic hydroxyl groups is 1. The van der Waals surface area contributed by atoms with Crippen molar-refractivity contribution in [2.24, 2.45) is 0 Å². The van der Waals surface area contributed by atoms with Gasteiger partial charge in [-0.3, -0.25) is 9.42 Å². The van der Waals surface area contributed by atoms with Gasteiger partial charge in [-0.25, -0.2) is 0 Å². The lowest BCUT2D eigenvalue weighted by molar-refractivity contribution is -0.325. The minimum atomic E-state index is -4.61. The Bertz CT molecular complexity index is 325. The van der Waals surface area contributed by atoms with Gasteiger partial charge in [0.15, 0.2) is 0 Å². The molecule has 92 valence electrons. The molecule has 1 N–H and O–H groups in total. The Kier molecular flexibility index (Phi) is 4.31. The smallest absolute Gasteiger partial charge is 0.388 e. The second-order valence-corrected chi connectivity index (χ2v) is 3.25. The summed E-state index contributed by atoms with van der Waals surface area (Å²) in [6, 6.07) is 0. The second-order valence-electron chi connectivity index (χ2n) is 3.25. The van der Waals surface area contributed by atoms with Crippen molar-refractivity contribution in [3.8, 4) is 0 Å². The number of nitrogens with zero attached hydrogens (tertiary/aromatic N) is 2. The zero-order chi connectivity index (χ0) is 12.2. The van der Waals surface area contributed by atoms with Gasteiger partial charge < -0.3 is 5.11 Å². The molecule has 0 bridgehead atoms. The normalized spacial score (nSPS) is 14.1. The molecular weight excluding hydrogens is 225 g/mol. The molecule has 0 saturated heterocycles. The van der Waals surface area contributed by atoms with Crippen LogP contribution < -0.4 is 0 Å². The van der Waals surface area contributed by atoms with Crippen LogP contribution in [0.5, 0.6) is 0 Å². The lowest BCUT2D eigenvalue weighted by Crippen LogP contribution is -2.17. The molecule has 1 heterocycles. The lowest BCUT2D eigenvalue weighted by atomic mass is 10.2. The molecule has 1 aromatic heterocycles. The Hall–Kier alpha value is -1.08. The Morgan fingerprint density at radius 2 is 2.25 bits per heavy atom. The van der Waals surface area contributed by atoms with Crippen molar-refractivity contribution in [3.05, 3.63) is 18.0 Å². The predicted octanol–water partition coefficient (Wildman–Crippen LogP) is 1.86. The minimum Gasteiger partial charge on any atom is -0.388 e. The molecule has 7 heteroatoms. The number of ether oxygens (including phenoxy) is 1. The van der Waals surface area contributed by atoms with E-state index in [1.165, 1.54) is 17.1 Å². The first-order chi connectivity index (χ1) is 7.42. The third kappa shape index (κ3) is 4.19. The number of hydrogen-bond donors (Lipinski definition) is 1. The maximum Gasteiger partial charge on any atom is 0.522 e. The molecule has 0 amide bonds. The van der Waals surface area contributed by atoms with Crippen LogP contribution in [0.25, 0.3) is 0 Å². The van der Waals surface area contributed by atoms with Crippen LogP contribution in [0.2, 0.25) is 0 Å². The van der Waals surface area contributed by atoms with E-state index in [9.17, 15) is 18.3 Å². The molecule has 0 aliphatic heterocycles. The first-order valence-corrected chi connectivity index (χ1v) is 4.83. The maximum absolute atomic E-state index is 11.7. The molecule has 0 radical (unpaired) electrons. The third-order valence-electron chi connectivity index (χ3n) is 2.01. The average Bonchev–Trinajstić information content (AvgIpc) is 2.63. The molecule has 0 aliphatic carbocycles. The van der Waals surface area contributed by atoms with Crippen LogP contribution in [0.4, 0.5) is 13.2 Å². The minimum absolute atomic E-state index is 0.00402. The molecule has 16 heavy (non-hydrogen) atoms. The molecule has 1 aromatic rings. The molecule has 1 unspecified atom stereocenters. The van der Waals surface area contributed by atoms with E-state index in [1.807, 2.05) is 0 Å². The second kappa shape index (κ2) is 5.31. The highest BCUT2D eigenvalue weighted by molar-refractivity contribution is 5.07. The van der Waals surface area contributed by atoms with Gasteiger partial charge in [0.05, 0.1) is 25.5 Å². The van der Waals surface area contributed by atoms with E-state index in [4.69, 9.17) is 0 Å². The van der Waals surface area contributed by atoms with Gasteiger partial charge in [0, 0.05) is 11.8 Å². The zero-order valence-corrected chi connectivity index (χ0v) is 8.74. The quantitative estimate of drug-likeness (QED) is 0.851. The van der Waals surface area contributed by atoms with Crippen molar-refractivity contribution in [2.75, 3.05) is 6.61 Å². The van der Waals surface area contributed by atoms with Crippen molar-refractivity contribution >= 4 is 0 Å². The molecule has 0 spiro atoms. The monoisotopic (exact) mass is 238 g/mol. The van der Waals surface area contributed by atoms with Crippen LogP contribution in [0.1, 0.15) is 25.0 Å². The number of alkyl halides is 3. The van der Waals surface area contributed by atoms with Gasteiger partial charge in [-0.2, -0.15) is 5.10 Å². The molecule has 0 aliphatic rings. The number of rotatable bonds is 5. The van der Waals surface area contributed by atoms with E-state index >= 15 is 0 Å². The van der Waals surface area contributed by atoms with Gasteiger partial charge >= 0.3 is 6.36 Å². The van der Waals surface area contributed by atoms with Gasteiger partial charge in [-0.1, -0.05) is 6.92 Å². The number of aliphatic hydroxyl groups excluding tert-OH is 1. The van der Waals surface area contributed by atoms with E-state index in [2.05, 4.69) is 9.84 Å².